The van der Waals surface area contributed by atoms with Crippen LogP contribution < -0.4 is 10.1 Å². The first-order chi connectivity index (χ1) is 12.2. The van der Waals surface area contributed by atoms with Crippen LogP contribution in [0.2, 0.25) is 0 Å². The van der Waals surface area contributed by atoms with Crippen LogP contribution in [0.25, 0.3) is 0 Å². The van der Waals surface area contributed by atoms with Gasteiger partial charge in [0.1, 0.15) is 11.9 Å². The normalized spacial score (nSPS) is 20.8. The SMILES string of the molecule is COc1ccc(C2=NO[C@@H](CNC(=O)[C@@H]3Cc4ccccc43)C2)cc1. The Morgan fingerprint density at radius 2 is 2.00 bits per heavy atom. The van der Waals surface area contributed by atoms with Crippen LogP contribution in [0.1, 0.15) is 29.0 Å². The summed E-state index contributed by atoms with van der Waals surface area (Å²) in [7, 11) is 1.64. The van der Waals surface area contributed by atoms with Gasteiger partial charge in [-0.25, -0.2) is 0 Å². The molecule has 0 aromatic heterocycles. The van der Waals surface area contributed by atoms with E-state index in [1.165, 1.54) is 5.56 Å². The predicted octanol–water partition coefficient (Wildman–Crippen LogP) is 2.64. The topological polar surface area (TPSA) is 59.9 Å². The number of nitrogens with zero attached hydrogens (tertiary/aromatic N) is 1. The fourth-order valence-electron chi connectivity index (χ4n) is 3.32. The summed E-state index contributed by atoms with van der Waals surface area (Å²) in [5.74, 6) is 0.854. The number of amides is 1. The van der Waals surface area contributed by atoms with Crippen LogP contribution in [0, 0.1) is 0 Å². The van der Waals surface area contributed by atoms with Gasteiger partial charge in [-0.3, -0.25) is 4.79 Å². The minimum Gasteiger partial charge on any atom is -0.497 e. The van der Waals surface area contributed by atoms with Crippen molar-refractivity contribution < 1.29 is 14.4 Å². The molecular formula is C20H20N2O3. The van der Waals surface area contributed by atoms with Crippen LogP contribution in [0.4, 0.5) is 0 Å². The molecule has 2 atom stereocenters. The van der Waals surface area contributed by atoms with Gasteiger partial charge in [0.2, 0.25) is 5.91 Å². The van der Waals surface area contributed by atoms with Gasteiger partial charge in [-0.1, -0.05) is 29.4 Å². The summed E-state index contributed by atoms with van der Waals surface area (Å²) >= 11 is 0. The Morgan fingerprint density at radius 1 is 1.20 bits per heavy atom. The number of hydrogen-bond acceptors (Lipinski definition) is 4. The Kier molecular flexibility index (Phi) is 4.14. The predicted molar refractivity (Wildman–Crippen MR) is 94.9 cm³/mol. The van der Waals surface area contributed by atoms with Gasteiger partial charge in [0.05, 0.1) is 25.3 Å². The molecule has 4 rings (SSSR count). The highest BCUT2D eigenvalue weighted by molar-refractivity contribution is 6.01. The number of methoxy groups -OCH3 is 1. The summed E-state index contributed by atoms with van der Waals surface area (Å²) in [6.45, 7) is 0.473. The van der Waals surface area contributed by atoms with Crippen molar-refractivity contribution in [2.24, 2.45) is 5.16 Å². The van der Waals surface area contributed by atoms with Crippen molar-refractivity contribution in [1.29, 1.82) is 0 Å². The maximum Gasteiger partial charge on any atom is 0.228 e. The van der Waals surface area contributed by atoms with Crippen LogP contribution in [-0.2, 0) is 16.1 Å². The smallest absolute Gasteiger partial charge is 0.228 e. The number of carbonyl (C=O) groups is 1. The zero-order valence-corrected chi connectivity index (χ0v) is 14.1. The molecule has 2 aliphatic rings. The first kappa shape index (κ1) is 15.7. The van der Waals surface area contributed by atoms with Gasteiger partial charge >= 0.3 is 0 Å². The van der Waals surface area contributed by atoms with Gasteiger partial charge in [0.25, 0.3) is 0 Å². The summed E-state index contributed by atoms with van der Waals surface area (Å²) < 4.78 is 5.16. The Labute approximate surface area is 146 Å². The van der Waals surface area contributed by atoms with Crippen molar-refractivity contribution >= 4 is 11.6 Å². The number of oxime groups is 1. The lowest BCUT2D eigenvalue weighted by atomic mass is 9.77. The molecule has 0 fully saturated rings. The Balaban J connectivity index is 1.28. The molecule has 1 N–H and O–H groups in total. The third-order valence-corrected chi connectivity index (χ3v) is 4.83. The van der Waals surface area contributed by atoms with Gasteiger partial charge in [-0.2, -0.15) is 0 Å². The van der Waals surface area contributed by atoms with E-state index >= 15 is 0 Å². The molecule has 1 heterocycles. The molecule has 128 valence electrons. The Morgan fingerprint density at radius 3 is 2.76 bits per heavy atom. The Bertz CT molecular complexity index is 814. The highest BCUT2D eigenvalue weighted by Crippen LogP contribution is 2.34. The fraction of sp³-hybridized carbons (Fsp3) is 0.300. The molecule has 5 nitrogen and oxygen atoms in total. The van der Waals surface area contributed by atoms with Gasteiger partial charge in [-0.15, -0.1) is 0 Å². The molecule has 0 unspecified atom stereocenters. The number of fused-ring (bicyclic) bond motifs is 1. The zero-order chi connectivity index (χ0) is 17.2. The minimum absolute atomic E-state index is 0.0282. The van der Waals surface area contributed by atoms with Gasteiger partial charge in [0, 0.05) is 6.42 Å². The summed E-state index contributed by atoms with van der Waals surface area (Å²) in [6.07, 6.45) is 1.39. The van der Waals surface area contributed by atoms with Crippen LogP contribution in [0.15, 0.2) is 53.7 Å². The monoisotopic (exact) mass is 336 g/mol. The lowest BCUT2D eigenvalue weighted by Crippen LogP contribution is -2.39. The van der Waals surface area contributed by atoms with Crippen LogP contribution in [0.5, 0.6) is 5.75 Å². The molecule has 1 amide bonds. The molecule has 1 aliphatic carbocycles. The second-order valence-corrected chi connectivity index (χ2v) is 6.40. The minimum atomic E-state index is -0.114. The van der Waals surface area contributed by atoms with Crippen molar-refractivity contribution in [1.82, 2.24) is 5.32 Å². The maximum absolute atomic E-state index is 12.3. The average Bonchev–Trinajstić information content (AvgIpc) is 3.10. The lowest BCUT2D eigenvalue weighted by molar-refractivity contribution is -0.123. The van der Waals surface area contributed by atoms with Crippen LogP contribution in [0.3, 0.4) is 0 Å². The molecule has 2 aromatic carbocycles. The largest absolute Gasteiger partial charge is 0.497 e. The molecule has 0 radical (unpaired) electrons. The fourth-order valence-corrected chi connectivity index (χ4v) is 3.32. The van der Waals surface area contributed by atoms with E-state index in [-0.39, 0.29) is 17.9 Å². The number of ether oxygens (including phenoxy) is 1. The first-order valence-corrected chi connectivity index (χ1v) is 8.47. The second-order valence-electron chi connectivity index (χ2n) is 6.40. The van der Waals surface area contributed by atoms with Gasteiger partial charge in [-0.05, 0) is 47.4 Å². The van der Waals surface area contributed by atoms with E-state index in [0.717, 1.165) is 29.0 Å². The van der Waals surface area contributed by atoms with E-state index in [2.05, 4.69) is 16.5 Å². The quantitative estimate of drug-likeness (QED) is 0.913. The number of carbonyl (C=O) groups excluding carboxylic acids is 1. The van der Waals surface area contributed by atoms with E-state index in [1.807, 2.05) is 42.5 Å². The molecule has 0 bridgehead atoms. The maximum atomic E-state index is 12.3. The third-order valence-electron chi connectivity index (χ3n) is 4.83. The summed E-state index contributed by atoms with van der Waals surface area (Å²) in [6, 6.07) is 15.8. The summed E-state index contributed by atoms with van der Waals surface area (Å²) in [5, 5.41) is 7.16. The van der Waals surface area contributed by atoms with E-state index < -0.39 is 0 Å². The van der Waals surface area contributed by atoms with Crippen LogP contribution in [-0.4, -0.2) is 31.4 Å². The second kappa shape index (κ2) is 6.59. The van der Waals surface area contributed by atoms with E-state index in [4.69, 9.17) is 9.57 Å². The van der Waals surface area contributed by atoms with Crippen molar-refractivity contribution in [2.75, 3.05) is 13.7 Å². The lowest BCUT2D eigenvalue weighted by Gasteiger charge is -2.29. The molecule has 2 aromatic rings. The van der Waals surface area contributed by atoms with Crippen molar-refractivity contribution in [3.63, 3.8) is 0 Å². The number of benzene rings is 2. The molecule has 0 saturated heterocycles. The van der Waals surface area contributed by atoms with Crippen molar-refractivity contribution in [2.45, 2.75) is 24.9 Å². The average molecular weight is 336 g/mol. The molecule has 1 aliphatic heterocycles. The Hall–Kier alpha value is -2.82. The molecule has 0 saturated carbocycles. The first-order valence-electron chi connectivity index (χ1n) is 8.47. The molecule has 0 spiro atoms. The highest BCUT2D eigenvalue weighted by atomic mass is 16.6. The number of nitrogens with one attached hydrogen (secondary N) is 1. The highest BCUT2D eigenvalue weighted by Gasteiger charge is 2.32. The van der Waals surface area contributed by atoms with Crippen molar-refractivity contribution in [3.05, 3.63) is 65.2 Å². The van der Waals surface area contributed by atoms with Gasteiger partial charge in [0.15, 0.2) is 0 Å². The number of rotatable bonds is 5. The van der Waals surface area contributed by atoms with E-state index in [0.29, 0.717) is 13.0 Å². The van der Waals surface area contributed by atoms with Crippen LogP contribution >= 0.6 is 0 Å². The van der Waals surface area contributed by atoms with Crippen molar-refractivity contribution in [3.8, 4) is 5.75 Å². The zero-order valence-electron chi connectivity index (χ0n) is 14.1. The van der Waals surface area contributed by atoms with Gasteiger partial charge < -0.3 is 14.9 Å². The molecular weight excluding hydrogens is 316 g/mol. The third kappa shape index (κ3) is 3.09. The van der Waals surface area contributed by atoms with E-state index in [9.17, 15) is 4.79 Å². The molecule has 25 heavy (non-hydrogen) atoms. The summed E-state index contributed by atoms with van der Waals surface area (Å²) in [5.41, 5.74) is 4.32. The standard InChI is InChI=1S/C20H20N2O3/c1-24-15-8-6-13(7-9-15)19-11-16(25-22-19)12-21-20(23)18-10-14-4-2-3-5-17(14)18/h2-9,16,18H,10-12H2,1H3,(H,21,23)/t16-,18-/m1/s1. The molecule has 5 heteroatoms. The van der Waals surface area contributed by atoms with E-state index in [1.54, 1.807) is 7.11 Å². The number of hydrogen-bond donors (Lipinski definition) is 1. The summed E-state index contributed by atoms with van der Waals surface area (Å²) in [4.78, 5) is 17.8.